The second kappa shape index (κ2) is 9.70. The lowest BCUT2D eigenvalue weighted by Gasteiger charge is -2.17. The molecule has 5 rings (SSSR count). The molecule has 1 unspecified atom stereocenters. The quantitative estimate of drug-likeness (QED) is 0.325. The Kier molecular flexibility index (Phi) is 6.30. The van der Waals surface area contributed by atoms with Crippen molar-refractivity contribution in [2.24, 2.45) is 0 Å². The van der Waals surface area contributed by atoms with Gasteiger partial charge in [-0.2, -0.15) is 5.26 Å². The van der Waals surface area contributed by atoms with Crippen molar-refractivity contribution < 1.29 is 32.9 Å². The second-order valence-corrected chi connectivity index (χ2v) is 8.66. The maximum atomic E-state index is 14.9. The van der Waals surface area contributed by atoms with Gasteiger partial charge >= 0.3 is 5.97 Å². The predicted molar refractivity (Wildman–Crippen MR) is 126 cm³/mol. The molecule has 182 valence electrons. The number of methoxy groups -OCH3 is 1. The van der Waals surface area contributed by atoms with Crippen LogP contribution in [0.3, 0.4) is 0 Å². The van der Waals surface area contributed by atoms with Crippen molar-refractivity contribution >= 4 is 12.3 Å². The fourth-order valence-corrected chi connectivity index (χ4v) is 4.72. The number of nitriles is 1. The minimum atomic E-state index is -0.526. The summed E-state index contributed by atoms with van der Waals surface area (Å²) in [5.74, 6) is 1.13. The molecule has 7 nitrogen and oxygen atoms in total. The highest BCUT2D eigenvalue weighted by Crippen LogP contribution is 2.44. The SMILES string of the molecule is COC(=O)C[C@H]1COc2cc(OC3CCc4c(Oc5ccc(C=O)cc5C#N)ccc(F)c43)ccc21. The lowest BCUT2D eigenvalue weighted by molar-refractivity contribution is -0.141. The first-order valence-electron chi connectivity index (χ1n) is 11.5. The molecule has 0 radical (unpaired) electrons. The zero-order valence-corrected chi connectivity index (χ0v) is 19.5. The third kappa shape index (κ3) is 4.36. The third-order valence-corrected chi connectivity index (χ3v) is 6.50. The molecular weight excluding hydrogens is 465 g/mol. The molecule has 0 fully saturated rings. The highest BCUT2D eigenvalue weighted by atomic mass is 19.1. The van der Waals surface area contributed by atoms with Gasteiger partial charge in [0.1, 0.15) is 47.3 Å². The molecule has 0 saturated heterocycles. The number of nitrogens with zero attached hydrogens (tertiary/aromatic N) is 1. The van der Waals surface area contributed by atoms with E-state index in [1.807, 2.05) is 12.1 Å². The Labute approximate surface area is 207 Å². The molecule has 36 heavy (non-hydrogen) atoms. The van der Waals surface area contributed by atoms with Gasteiger partial charge in [0.15, 0.2) is 0 Å². The molecule has 1 aliphatic carbocycles. The summed E-state index contributed by atoms with van der Waals surface area (Å²) in [5, 5.41) is 9.44. The molecule has 0 aromatic heterocycles. The van der Waals surface area contributed by atoms with Crippen molar-refractivity contribution in [3.63, 3.8) is 0 Å². The zero-order chi connectivity index (χ0) is 25.2. The summed E-state index contributed by atoms with van der Waals surface area (Å²) in [7, 11) is 1.36. The lowest BCUT2D eigenvalue weighted by atomic mass is 9.98. The van der Waals surface area contributed by atoms with Crippen molar-refractivity contribution in [3.05, 3.63) is 82.2 Å². The number of benzene rings is 3. The fraction of sp³-hybridized carbons (Fsp3) is 0.250. The molecule has 8 heteroatoms. The van der Waals surface area contributed by atoms with Crippen LogP contribution in [0.1, 0.15) is 57.5 Å². The summed E-state index contributed by atoms with van der Waals surface area (Å²) in [6, 6.07) is 14.9. The van der Waals surface area contributed by atoms with Gasteiger partial charge < -0.3 is 18.9 Å². The predicted octanol–water partition coefficient (Wildman–Crippen LogP) is 5.41. The second-order valence-electron chi connectivity index (χ2n) is 8.66. The van der Waals surface area contributed by atoms with Crippen molar-refractivity contribution in [1.82, 2.24) is 0 Å². The van der Waals surface area contributed by atoms with Gasteiger partial charge in [-0.05, 0) is 49.2 Å². The van der Waals surface area contributed by atoms with Gasteiger partial charge in [0.05, 0.1) is 25.7 Å². The number of ether oxygens (including phenoxy) is 4. The highest BCUT2D eigenvalue weighted by molar-refractivity contribution is 5.76. The lowest BCUT2D eigenvalue weighted by Crippen LogP contribution is -2.09. The maximum Gasteiger partial charge on any atom is 0.306 e. The Bertz CT molecular complexity index is 1400. The number of hydrogen-bond donors (Lipinski definition) is 0. The molecule has 3 aromatic rings. The van der Waals surface area contributed by atoms with Crippen molar-refractivity contribution in [2.45, 2.75) is 31.3 Å². The number of esters is 1. The molecule has 0 N–H and O–H groups in total. The molecule has 1 heterocycles. The highest BCUT2D eigenvalue weighted by Gasteiger charge is 2.32. The summed E-state index contributed by atoms with van der Waals surface area (Å²) in [5.41, 5.74) is 2.59. The Morgan fingerprint density at radius 2 is 2.03 bits per heavy atom. The van der Waals surface area contributed by atoms with E-state index in [0.29, 0.717) is 65.4 Å². The average molecular weight is 487 g/mol. The molecule has 0 spiro atoms. The van der Waals surface area contributed by atoms with E-state index in [4.69, 9.17) is 18.9 Å². The van der Waals surface area contributed by atoms with Crippen LogP contribution in [0.25, 0.3) is 0 Å². The van der Waals surface area contributed by atoms with Crippen molar-refractivity contribution in [3.8, 4) is 29.1 Å². The number of hydrogen-bond acceptors (Lipinski definition) is 7. The Balaban J connectivity index is 1.37. The molecule has 2 atom stereocenters. The van der Waals surface area contributed by atoms with Crippen LogP contribution in [-0.2, 0) is 16.0 Å². The summed E-state index contributed by atoms with van der Waals surface area (Å²) in [4.78, 5) is 22.7. The number of aldehydes is 1. The van der Waals surface area contributed by atoms with E-state index in [1.54, 1.807) is 24.3 Å². The molecule has 0 saturated carbocycles. The maximum absolute atomic E-state index is 14.9. The monoisotopic (exact) mass is 487 g/mol. The van der Waals surface area contributed by atoms with E-state index >= 15 is 0 Å². The van der Waals surface area contributed by atoms with E-state index in [9.17, 15) is 19.2 Å². The summed E-state index contributed by atoms with van der Waals surface area (Å²) in [6.45, 7) is 0.383. The largest absolute Gasteiger partial charge is 0.492 e. The van der Waals surface area contributed by atoms with Crippen molar-refractivity contribution in [1.29, 1.82) is 5.26 Å². The Morgan fingerprint density at radius 3 is 2.81 bits per heavy atom. The van der Waals surface area contributed by atoms with E-state index in [-0.39, 0.29) is 23.9 Å². The smallest absolute Gasteiger partial charge is 0.306 e. The number of rotatable bonds is 7. The van der Waals surface area contributed by atoms with Gasteiger partial charge in [-0.3, -0.25) is 9.59 Å². The minimum absolute atomic E-state index is 0.0789. The van der Waals surface area contributed by atoms with Crippen LogP contribution >= 0.6 is 0 Å². The average Bonchev–Trinajstić information content (AvgIpc) is 3.50. The van der Waals surface area contributed by atoms with Gasteiger partial charge in [0, 0.05) is 34.2 Å². The summed E-state index contributed by atoms with van der Waals surface area (Å²) in [6.07, 6.45) is 1.45. The van der Waals surface area contributed by atoms with Gasteiger partial charge in [0.25, 0.3) is 0 Å². The van der Waals surface area contributed by atoms with Gasteiger partial charge in [-0.25, -0.2) is 4.39 Å². The first-order valence-corrected chi connectivity index (χ1v) is 11.5. The Morgan fingerprint density at radius 1 is 1.19 bits per heavy atom. The molecule has 1 aliphatic heterocycles. The van der Waals surface area contributed by atoms with Crippen LogP contribution < -0.4 is 14.2 Å². The number of carbonyl (C=O) groups is 2. The topological polar surface area (TPSA) is 94.8 Å². The summed E-state index contributed by atoms with van der Waals surface area (Å²) < 4.78 is 37.6. The van der Waals surface area contributed by atoms with Crippen LogP contribution in [0.15, 0.2) is 48.5 Å². The van der Waals surface area contributed by atoms with E-state index in [0.717, 1.165) is 5.56 Å². The molecular formula is C28H22FNO6. The van der Waals surface area contributed by atoms with Gasteiger partial charge in [-0.1, -0.05) is 6.07 Å². The first-order chi connectivity index (χ1) is 17.5. The van der Waals surface area contributed by atoms with Gasteiger partial charge in [0.2, 0.25) is 0 Å². The molecule has 0 bridgehead atoms. The van der Waals surface area contributed by atoms with Crippen LogP contribution in [0.5, 0.6) is 23.0 Å². The van der Waals surface area contributed by atoms with Crippen LogP contribution in [0.4, 0.5) is 4.39 Å². The third-order valence-electron chi connectivity index (χ3n) is 6.50. The zero-order valence-electron chi connectivity index (χ0n) is 19.5. The van der Waals surface area contributed by atoms with E-state index in [2.05, 4.69) is 0 Å². The van der Waals surface area contributed by atoms with Crippen LogP contribution in [0, 0.1) is 17.1 Å². The standard InChI is InChI=1S/C28H22FNO6/c1-33-27(32)11-18-15-34-26-12-19(3-4-20(18)26)35-25-8-5-21-24(9-6-22(29)28(21)25)36-23-7-2-16(14-31)10-17(23)13-30/h2-4,6-7,9-10,12,14,18,25H,5,8,11,15H2,1H3/t18-,25?/m0/s1. The normalized spacial score (nSPS) is 17.4. The Hall–Kier alpha value is -4.38. The summed E-state index contributed by atoms with van der Waals surface area (Å²) >= 11 is 0. The van der Waals surface area contributed by atoms with Crippen LogP contribution in [0.2, 0.25) is 0 Å². The minimum Gasteiger partial charge on any atom is -0.492 e. The molecule has 0 amide bonds. The van der Waals surface area contributed by atoms with Crippen molar-refractivity contribution in [2.75, 3.05) is 13.7 Å². The van der Waals surface area contributed by atoms with Crippen LogP contribution in [-0.4, -0.2) is 26.0 Å². The van der Waals surface area contributed by atoms with Gasteiger partial charge in [-0.15, -0.1) is 0 Å². The van der Waals surface area contributed by atoms with E-state index < -0.39 is 11.9 Å². The molecule has 3 aromatic carbocycles. The molecule has 2 aliphatic rings. The number of halogens is 1. The van der Waals surface area contributed by atoms with E-state index in [1.165, 1.54) is 25.3 Å². The first kappa shape index (κ1) is 23.4. The number of carbonyl (C=O) groups excluding carboxylic acids is 2. The fourth-order valence-electron chi connectivity index (χ4n) is 4.72. The number of fused-ring (bicyclic) bond motifs is 2.